The molecule has 5 heteroatoms. The van der Waals surface area contributed by atoms with Gasteiger partial charge in [-0.25, -0.2) is 5.43 Å². The summed E-state index contributed by atoms with van der Waals surface area (Å²) in [5, 5.41) is 4.90. The summed E-state index contributed by atoms with van der Waals surface area (Å²) in [6.07, 6.45) is 0.780. The van der Waals surface area contributed by atoms with Crippen molar-refractivity contribution in [1.82, 2.24) is 5.43 Å². The molecule has 4 nitrogen and oxygen atoms in total. The number of ether oxygens (including phenoxy) is 1. The van der Waals surface area contributed by atoms with E-state index >= 15 is 0 Å². The molecular weight excluding hydrogens is 324 g/mol. The lowest BCUT2D eigenvalue weighted by Gasteiger charge is -2.10. The molecule has 0 unspecified atom stereocenters. The summed E-state index contributed by atoms with van der Waals surface area (Å²) in [6.45, 7) is 4.13. The first-order valence-corrected chi connectivity index (χ1v) is 8.21. The Balaban J connectivity index is 1.94. The number of carbonyl (C=O) groups is 1. The Bertz CT molecular complexity index is 682. The number of hydrazone groups is 1. The Morgan fingerprint density at radius 2 is 1.79 bits per heavy atom. The smallest absolute Gasteiger partial charge is 0.277 e. The van der Waals surface area contributed by atoms with Crippen molar-refractivity contribution in [2.24, 2.45) is 11.0 Å². The molecule has 0 saturated heterocycles. The molecule has 2 rings (SSSR count). The van der Waals surface area contributed by atoms with Crippen molar-refractivity contribution >= 4 is 23.2 Å². The lowest BCUT2D eigenvalue weighted by molar-refractivity contribution is -0.123. The second kappa shape index (κ2) is 9.08. The van der Waals surface area contributed by atoms with Crippen LogP contribution in [0.2, 0.25) is 5.02 Å². The van der Waals surface area contributed by atoms with Crippen LogP contribution in [0.25, 0.3) is 0 Å². The maximum absolute atomic E-state index is 11.9. The molecule has 0 fully saturated rings. The highest BCUT2D eigenvalue weighted by atomic mass is 35.5. The minimum atomic E-state index is -0.304. The topological polar surface area (TPSA) is 50.7 Å². The van der Waals surface area contributed by atoms with Gasteiger partial charge in [0.15, 0.2) is 6.61 Å². The van der Waals surface area contributed by atoms with Crippen LogP contribution in [-0.2, 0) is 4.79 Å². The van der Waals surface area contributed by atoms with E-state index in [1.165, 1.54) is 0 Å². The van der Waals surface area contributed by atoms with Crippen molar-refractivity contribution in [3.8, 4) is 5.75 Å². The molecule has 0 aliphatic heterocycles. The first kappa shape index (κ1) is 18.0. The van der Waals surface area contributed by atoms with Crippen LogP contribution in [-0.4, -0.2) is 18.2 Å². The lowest BCUT2D eigenvalue weighted by atomic mass is 10.0. The molecule has 0 heterocycles. The van der Waals surface area contributed by atoms with Gasteiger partial charge in [-0.3, -0.25) is 4.79 Å². The zero-order valence-corrected chi connectivity index (χ0v) is 14.6. The first-order chi connectivity index (χ1) is 11.5. The molecule has 0 aliphatic carbocycles. The number of hydrogen-bond donors (Lipinski definition) is 1. The van der Waals surface area contributed by atoms with E-state index in [-0.39, 0.29) is 12.5 Å². The van der Waals surface area contributed by atoms with E-state index < -0.39 is 0 Å². The number of benzene rings is 2. The van der Waals surface area contributed by atoms with Gasteiger partial charge in [-0.05, 0) is 42.2 Å². The van der Waals surface area contributed by atoms with Crippen LogP contribution in [0, 0.1) is 5.92 Å². The van der Waals surface area contributed by atoms with Gasteiger partial charge in [0.25, 0.3) is 5.91 Å². The molecular formula is C19H21ClN2O2. The van der Waals surface area contributed by atoms with Crippen molar-refractivity contribution < 1.29 is 9.53 Å². The minimum absolute atomic E-state index is 0.102. The van der Waals surface area contributed by atoms with Crippen LogP contribution in [0.1, 0.15) is 25.8 Å². The second-order valence-electron chi connectivity index (χ2n) is 5.80. The number of halogens is 1. The zero-order chi connectivity index (χ0) is 17.4. The van der Waals surface area contributed by atoms with Crippen molar-refractivity contribution in [2.45, 2.75) is 20.3 Å². The minimum Gasteiger partial charge on any atom is -0.484 e. The number of nitrogens with one attached hydrogen (secondary N) is 1. The van der Waals surface area contributed by atoms with Gasteiger partial charge in [0.2, 0.25) is 0 Å². The summed E-state index contributed by atoms with van der Waals surface area (Å²) in [5.41, 5.74) is 4.42. The van der Waals surface area contributed by atoms with Crippen LogP contribution in [0.15, 0.2) is 59.7 Å². The lowest BCUT2D eigenvalue weighted by Crippen LogP contribution is -2.26. The Kier molecular flexibility index (Phi) is 6.82. The zero-order valence-electron chi connectivity index (χ0n) is 13.8. The number of nitrogens with zero attached hydrogens (tertiary/aromatic N) is 1. The van der Waals surface area contributed by atoms with E-state index in [0.717, 1.165) is 17.7 Å². The molecule has 0 aliphatic rings. The third-order valence-corrected chi connectivity index (χ3v) is 3.46. The summed E-state index contributed by atoms with van der Waals surface area (Å²) in [6, 6.07) is 16.7. The van der Waals surface area contributed by atoms with Crippen molar-refractivity contribution in [2.75, 3.05) is 6.61 Å². The Labute approximate surface area is 147 Å². The van der Waals surface area contributed by atoms with Crippen LogP contribution in [0.4, 0.5) is 0 Å². The monoisotopic (exact) mass is 344 g/mol. The molecule has 0 bridgehead atoms. The Morgan fingerprint density at radius 3 is 2.42 bits per heavy atom. The Hall–Kier alpha value is -2.33. The largest absolute Gasteiger partial charge is 0.484 e. The van der Waals surface area contributed by atoms with Gasteiger partial charge in [0.05, 0.1) is 5.71 Å². The van der Waals surface area contributed by atoms with E-state index in [1.54, 1.807) is 24.3 Å². The van der Waals surface area contributed by atoms with Gasteiger partial charge in [0, 0.05) is 5.02 Å². The highest BCUT2D eigenvalue weighted by Gasteiger charge is 2.08. The number of rotatable bonds is 7. The van der Waals surface area contributed by atoms with Gasteiger partial charge in [0.1, 0.15) is 5.75 Å². The molecule has 0 aromatic heterocycles. The van der Waals surface area contributed by atoms with E-state index in [9.17, 15) is 4.79 Å². The van der Waals surface area contributed by atoms with Crippen LogP contribution in [0.5, 0.6) is 5.75 Å². The van der Waals surface area contributed by atoms with Gasteiger partial charge in [-0.2, -0.15) is 5.10 Å². The molecule has 1 N–H and O–H groups in total. The predicted molar refractivity (Wildman–Crippen MR) is 97.5 cm³/mol. The van der Waals surface area contributed by atoms with Crippen LogP contribution in [0.3, 0.4) is 0 Å². The van der Waals surface area contributed by atoms with Crippen molar-refractivity contribution in [1.29, 1.82) is 0 Å². The van der Waals surface area contributed by atoms with Gasteiger partial charge in [-0.15, -0.1) is 0 Å². The maximum Gasteiger partial charge on any atom is 0.277 e. The molecule has 1 amide bonds. The average molecular weight is 345 g/mol. The normalized spacial score (nSPS) is 11.4. The standard InChI is InChI=1S/C19H21ClN2O2/c1-14(2)12-18(15-6-4-3-5-7-15)21-22-19(23)13-24-17-10-8-16(20)9-11-17/h3-11,14H,12-13H2,1-2H3,(H,22,23). The van der Waals surface area contributed by atoms with Gasteiger partial charge in [-0.1, -0.05) is 55.8 Å². The molecule has 0 saturated carbocycles. The van der Waals surface area contributed by atoms with E-state index in [1.807, 2.05) is 30.3 Å². The predicted octanol–water partition coefficient (Wildman–Crippen LogP) is 4.29. The van der Waals surface area contributed by atoms with Crippen molar-refractivity contribution in [3.05, 3.63) is 65.2 Å². The quantitative estimate of drug-likeness (QED) is 0.602. The summed E-state index contributed by atoms with van der Waals surface area (Å²) in [4.78, 5) is 11.9. The fraction of sp³-hybridized carbons (Fsp3) is 0.263. The molecule has 0 spiro atoms. The van der Waals surface area contributed by atoms with E-state index in [4.69, 9.17) is 16.3 Å². The number of carbonyl (C=O) groups excluding carboxylic acids is 1. The maximum atomic E-state index is 11.9. The molecule has 2 aromatic carbocycles. The van der Waals surface area contributed by atoms with Crippen LogP contribution < -0.4 is 10.2 Å². The highest BCUT2D eigenvalue weighted by molar-refractivity contribution is 6.30. The molecule has 0 atom stereocenters. The molecule has 0 radical (unpaired) electrons. The van der Waals surface area contributed by atoms with Crippen molar-refractivity contribution in [3.63, 3.8) is 0 Å². The third-order valence-electron chi connectivity index (χ3n) is 3.21. The Morgan fingerprint density at radius 1 is 1.12 bits per heavy atom. The number of amides is 1. The van der Waals surface area contributed by atoms with E-state index in [2.05, 4.69) is 24.4 Å². The first-order valence-electron chi connectivity index (χ1n) is 7.84. The summed E-state index contributed by atoms with van der Waals surface area (Å²) < 4.78 is 5.40. The van der Waals surface area contributed by atoms with Crippen LogP contribution >= 0.6 is 11.6 Å². The average Bonchev–Trinajstić information content (AvgIpc) is 2.58. The van der Waals surface area contributed by atoms with Gasteiger partial charge < -0.3 is 4.74 Å². The van der Waals surface area contributed by atoms with E-state index in [0.29, 0.717) is 16.7 Å². The highest BCUT2D eigenvalue weighted by Crippen LogP contribution is 2.15. The fourth-order valence-corrected chi connectivity index (χ4v) is 2.21. The fourth-order valence-electron chi connectivity index (χ4n) is 2.09. The number of hydrogen-bond acceptors (Lipinski definition) is 3. The van der Waals surface area contributed by atoms with Gasteiger partial charge >= 0.3 is 0 Å². The molecule has 126 valence electrons. The SMILES string of the molecule is CC(C)CC(=NNC(=O)COc1ccc(Cl)cc1)c1ccccc1. The molecule has 24 heavy (non-hydrogen) atoms. The molecule has 2 aromatic rings. The second-order valence-corrected chi connectivity index (χ2v) is 6.24. The summed E-state index contributed by atoms with van der Waals surface area (Å²) in [7, 11) is 0. The summed E-state index contributed by atoms with van der Waals surface area (Å²) in [5.74, 6) is 0.720. The summed E-state index contributed by atoms with van der Waals surface area (Å²) >= 11 is 5.81. The third kappa shape index (κ3) is 6.05.